The lowest BCUT2D eigenvalue weighted by atomic mass is 9.74. The lowest BCUT2D eigenvalue weighted by Crippen LogP contribution is -2.39. The highest BCUT2D eigenvalue weighted by atomic mass is 16.5. The first-order chi connectivity index (χ1) is 10.7. The molecule has 0 saturated heterocycles. The molecule has 0 aromatic heterocycles. The number of benzene rings is 1. The third kappa shape index (κ3) is 2.74. The van der Waals surface area contributed by atoms with Crippen molar-refractivity contribution in [3.63, 3.8) is 0 Å². The van der Waals surface area contributed by atoms with Crippen LogP contribution in [-0.4, -0.2) is 6.10 Å². The lowest BCUT2D eigenvalue weighted by Gasteiger charge is -2.39. The average molecular weight is 298 g/mol. The summed E-state index contributed by atoms with van der Waals surface area (Å²) in [6, 6.07) is 6.64. The normalized spacial score (nSPS) is 25.3. The van der Waals surface area contributed by atoms with Crippen LogP contribution in [0.5, 0.6) is 5.75 Å². The third-order valence-corrected chi connectivity index (χ3v) is 4.71. The maximum Gasteiger partial charge on any atom is 0.124 e. The Balaban J connectivity index is 0.000000410. The molecule has 1 heterocycles. The van der Waals surface area contributed by atoms with Gasteiger partial charge in [-0.05, 0) is 38.8 Å². The number of allylic oxidation sites excluding steroid dienone is 2. The zero-order valence-corrected chi connectivity index (χ0v) is 14.9. The molecule has 1 aliphatic heterocycles. The van der Waals surface area contributed by atoms with E-state index in [1.807, 2.05) is 27.7 Å². The van der Waals surface area contributed by atoms with Crippen LogP contribution in [0.3, 0.4) is 0 Å². The minimum absolute atomic E-state index is 0.243. The highest BCUT2D eigenvalue weighted by Gasteiger charge is 2.56. The second-order valence-electron chi connectivity index (χ2n) is 6.03. The summed E-state index contributed by atoms with van der Waals surface area (Å²) < 4.78 is 6.21. The maximum atomic E-state index is 6.21. The van der Waals surface area contributed by atoms with Crippen molar-refractivity contribution in [3.05, 3.63) is 53.1 Å². The molecule has 1 spiro atoms. The second-order valence-corrected chi connectivity index (χ2v) is 6.03. The van der Waals surface area contributed by atoms with Crippen LogP contribution in [0.2, 0.25) is 0 Å². The largest absolute Gasteiger partial charge is 0.485 e. The van der Waals surface area contributed by atoms with Crippen molar-refractivity contribution in [1.82, 2.24) is 0 Å². The first-order valence-electron chi connectivity index (χ1n) is 8.83. The van der Waals surface area contributed by atoms with Gasteiger partial charge in [-0.2, -0.15) is 0 Å². The van der Waals surface area contributed by atoms with Gasteiger partial charge < -0.3 is 4.74 Å². The minimum atomic E-state index is 0.243. The SMILES string of the molecule is CC.CC.CC1=CC2Oc3ccc(C)cc3C3(CC3)C2C=C1. The van der Waals surface area contributed by atoms with Gasteiger partial charge in [0, 0.05) is 16.9 Å². The highest BCUT2D eigenvalue weighted by Crippen LogP contribution is 2.61. The number of rotatable bonds is 0. The Morgan fingerprint density at radius 2 is 1.73 bits per heavy atom. The zero-order valence-electron chi connectivity index (χ0n) is 14.9. The van der Waals surface area contributed by atoms with E-state index < -0.39 is 0 Å². The number of fused-ring (bicyclic) bond motifs is 4. The number of aryl methyl sites for hydroxylation is 1. The molecule has 22 heavy (non-hydrogen) atoms. The van der Waals surface area contributed by atoms with E-state index in [0.29, 0.717) is 11.3 Å². The van der Waals surface area contributed by atoms with Gasteiger partial charge in [-0.3, -0.25) is 0 Å². The summed E-state index contributed by atoms with van der Waals surface area (Å²) in [7, 11) is 0. The van der Waals surface area contributed by atoms with Crippen LogP contribution in [0.15, 0.2) is 42.0 Å². The smallest absolute Gasteiger partial charge is 0.124 e. The summed E-state index contributed by atoms with van der Waals surface area (Å²) in [5, 5.41) is 0. The van der Waals surface area contributed by atoms with Gasteiger partial charge in [-0.25, -0.2) is 0 Å². The standard InChI is InChI=1S/C17H18O.2C2H6/c1-11-4-6-15-14(9-11)17(7-8-17)13-5-3-12(2)10-16(13)18-15;2*1-2/h3-6,9-10,13,16H,7-8H2,1-2H3;2*1-2H3. The summed E-state index contributed by atoms with van der Waals surface area (Å²) >= 11 is 0. The molecule has 2 aliphatic carbocycles. The van der Waals surface area contributed by atoms with Gasteiger partial charge in [-0.1, -0.05) is 63.1 Å². The van der Waals surface area contributed by atoms with E-state index in [0.717, 1.165) is 5.75 Å². The Labute approximate surface area is 136 Å². The predicted octanol–water partition coefficient (Wildman–Crippen LogP) is 5.97. The lowest BCUT2D eigenvalue weighted by molar-refractivity contribution is 0.147. The Morgan fingerprint density at radius 3 is 2.36 bits per heavy atom. The summed E-state index contributed by atoms with van der Waals surface area (Å²) in [6.45, 7) is 12.3. The highest BCUT2D eigenvalue weighted by molar-refractivity contribution is 5.51. The van der Waals surface area contributed by atoms with Crippen LogP contribution in [0, 0.1) is 12.8 Å². The number of ether oxygens (including phenoxy) is 1. The van der Waals surface area contributed by atoms with Gasteiger partial charge in [0.15, 0.2) is 0 Å². The van der Waals surface area contributed by atoms with E-state index in [2.05, 4.69) is 50.3 Å². The van der Waals surface area contributed by atoms with Crippen LogP contribution in [-0.2, 0) is 5.41 Å². The van der Waals surface area contributed by atoms with Crippen molar-refractivity contribution in [2.75, 3.05) is 0 Å². The molecule has 1 aromatic rings. The molecule has 1 nitrogen and oxygen atoms in total. The van der Waals surface area contributed by atoms with E-state index >= 15 is 0 Å². The molecule has 2 atom stereocenters. The van der Waals surface area contributed by atoms with Crippen molar-refractivity contribution >= 4 is 0 Å². The van der Waals surface area contributed by atoms with Gasteiger partial charge in [0.05, 0.1) is 0 Å². The van der Waals surface area contributed by atoms with E-state index in [4.69, 9.17) is 4.74 Å². The molecular formula is C21H30O. The molecular weight excluding hydrogens is 268 g/mol. The third-order valence-electron chi connectivity index (χ3n) is 4.71. The van der Waals surface area contributed by atoms with Crippen molar-refractivity contribution in [2.45, 2.75) is 65.9 Å². The Morgan fingerprint density at radius 1 is 1.05 bits per heavy atom. The molecule has 3 aliphatic rings. The zero-order chi connectivity index (χ0) is 16.3. The fourth-order valence-corrected chi connectivity index (χ4v) is 3.59. The molecule has 0 amide bonds. The molecule has 1 fully saturated rings. The molecule has 0 radical (unpaired) electrons. The number of hydrogen-bond acceptors (Lipinski definition) is 1. The van der Waals surface area contributed by atoms with Crippen molar-refractivity contribution < 1.29 is 4.74 Å². The van der Waals surface area contributed by atoms with E-state index in [-0.39, 0.29) is 6.10 Å². The van der Waals surface area contributed by atoms with Gasteiger partial charge in [0.2, 0.25) is 0 Å². The second kappa shape index (κ2) is 6.73. The fraction of sp³-hybridized carbons (Fsp3) is 0.524. The average Bonchev–Trinajstić information content (AvgIpc) is 3.34. The summed E-state index contributed by atoms with van der Waals surface area (Å²) in [4.78, 5) is 0. The van der Waals surface area contributed by atoms with Crippen LogP contribution >= 0.6 is 0 Å². The van der Waals surface area contributed by atoms with Crippen molar-refractivity contribution in [3.8, 4) is 5.75 Å². The van der Waals surface area contributed by atoms with E-state index in [1.165, 1.54) is 29.5 Å². The molecule has 0 N–H and O–H groups in total. The Bertz CT molecular complexity index is 576. The van der Waals surface area contributed by atoms with Crippen LogP contribution in [0.1, 0.15) is 58.6 Å². The van der Waals surface area contributed by atoms with E-state index in [1.54, 1.807) is 0 Å². The predicted molar refractivity (Wildman–Crippen MR) is 95.6 cm³/mol. The van der Waals surface area contributed by atoms with Gasteiger partial charge in [0.1, 0.15) is 11.9 Å². The molecule has 1 aromatic carbocycles. The topological polar surface area (TPSA) is 9.23 Å². The monoisotopic (exact) mass is 298 g/mol. The summed E-state index contributed by atoms with van der Waals surface area (Å²) in [6.07, 6.45) is 9.78. The fourth-order valence-electron chi connectivity index (χ4n) is 3.59. The van der Waals surface area contributed by atoms with Crippen LogP contribution in [0.4, 0.5) is 0 Å². The summed E-state index contributed by atoms with van der Waals surface area (Å²) in [5.74, 6) is 1.65. The first kappa shape index (κ1) is 16.9. The summed E-state index contributed by atoms with van der Waals surface area (Å²) in [5.41, 5.74) is 4.48. The maximum absolute atomic E-state index is 6.21. The van der Waals surface area contributed by atoms with Crippen molar-refractivity contribution in [1.29, 1.82) is 0 Å². The van der Waals surface area contributed by atoms with Crippen molar-refractivity contribution in [2.24, 2.45) is 5.92 Å². The molecule has 4 rings (SSSR count). The minimum Gasteiger partial charge on any atom is -0.485 e. The Kier molecular flexibility index (Phi) is 5.16. The molecule has 0 bridgehead atoms. The molecule has 1 saturated carbocycles. The van der Waals surface area contributed by atoms with Gasteiger partial charge in [-0.15, -0.1) is 0 Å². The number of hydrogen-bond donors (Lipinski definition) is 0. The van der Waals surface area contributed by atoms with Crippen LogP contribution in [0.25, 0.3) is 0 Å². The molecule has 2 unspecified atom stereocenters. The van der Waals surface area contributed by atoms with Gasteiger partial charge in [0.25, 0.3) is 0 Å². The van der Waals surface area contributed by atoms with E-state index in [9.17, 15) is 0 Å². The molecule has 1 heteroatoms. The van der Waals surface area contributed by atoms with Gasteiger partial charge >= 0.3 is 0 Å². The molecule has 120 valence electrons. The quantitative estimate of drug-likeness (QED) is 0.573. The van der Waals surface area contributed by atoms with Crippen LogP contribution < -0.4 is 4.74 Å². The first-order valence-corrected chi connectivity index (χ1v) is 8.83. The Hall–Kier alpha value is -1.50.